The molecule has 1 aromatic heterocycles. The molecule has 0 spiro atoms. The summed E-state index contributed by atoms with van der Waals surface area (Å²) in [4.78, 5) is 52.3. The lowest BCUT2D eigenvalue weighted by Gasteiger charge is -2.22. The molecule has 3 aromatic rings. The fourth-order valence-corrected chi connectivity index (χ4v) is 4.65. The van der Waals surface area contributed by atoms with E-state index in [2.05, 4.69) is 26.2 Å². The van der Waals surface area contributed by atoms with Gasteiger partial charge in [-0.05, 0) is 72.3 Å². The molecule has 1 saturated heterocycles. The Labute approximate surface area is 258 Å². The minimum atomic E-state index is -1.24. The van der Waals surface area contributed by atoms with E-state index in [1.165, 1.54) is 47.4 Å². The second-order valence-electron chi connectivity index (χ2n) is 9.75. The van der Waals surface area contributed by atoms with E-state index in [9.17, 15) is 19.2 Å². The van der Waals surface area contributed by atoms with Crippen LogP contribution in [-0.2, 0) is 23.9 Å². The summed E-state index contributed by atoms with van der Waals surface area (Å²) in [6, 6.07) is 9.23. The third-order valence-electron chi connectivity index (χ3n) is 6.69. The number of halogens is 1. The van der Waals surface area contributed by atoms with Gasteiger partial charge in [0, 0.05) is 42.0 Å². The Morgan fingerprint density at radius 3 is 2.66 bits per heavy atom. The lowest BCUT2D eigenvalue weighted by Crippen LogP contribution is -2.46. The van der Waals surface area contributed by atoms with E-state index in [-0.39, 0.29) is 24.0 Å². The summed E-state index contributed by atoms with van der Waals surface area (Å²) < 4.78 is 12.5. The average molecular weight is 626 g/mol. The maximum Gasteiger partial charge on any atom is 0.335 e. The number of rotatable bonds is 14. The molecule has 232 valence electrons. The number of carboxylic acid groups (broad SMARTS) is 1. The molecule has 0 aliphatic carbocycles. The number of ether oxygens (including phenoxy) is 2. The Kier molecular flexibility index (Phi) is 11.5. The number of anilines is 1. The number of nitrogens with one attached hydrogen (secondary N) is 2. The fraction of sp³-hybridized carbons (Fsp3) is 0.345. The van der Waals surface area contributed by atoms with E-state index in [1.54, 1.807) is 23.1 Å². The summed E-state index contributed by atoms with van der Waals surface area (Å²) in [5.74, 6) is -2.73. The number of amides is 3. The standard InChI is InChI=1S/C29H32ClN7O7/c1-2-43-13-14-44-23-11-12-36(17-23)27(39)16-24(28(40)32-22-7-3-19(4-8-22)29(41)42)33-26(38)10-5-20-15-21(30)6-9-25(20)37-18-31-34-35-37/h3-10,15,18,23-24H,2,11-14,16-17H2,1H3,(H,32,40)(H,33,38)(H,41,42)/t23?,24-/m0/s1. The van der Waals surface area contributed by atoms with Gasteiger partial charge in [0.15, 0.2) is 0 Å². The van der Waals surface area contributed by atoms with Crippen molar-refractivity contribution in [3.05, 3.63) is 71.0 Å². The molecule has 1 fully saturated rings. The number of hydrogen-bond donors (Lipinski definition) is 3. The average Bonchev–Trinajstić information content (AvgIpc) is 3.71. The van der Waals surface area contributed by atoms with Gasteiger partial charge < -0.3 is 30.1 Å². The number of carboxylic acids is 1. The van der Waals surface area contributed by atoms with Gasteiger partial charge in [0.25, 0.3) is 0 Å². The van der Waals surface area contributed by atoms with E-state index >= 15 is 0 Å². The number of carbonyl (C=O) groups excluding carboxylic acids is 3. The predicted molar refractivity (Wildman–Crippen MR) is 159 cm³/mol. The van der Waals surface area contributed by atoms with Gasteiger partial charge in [-0.15, -0.1) is 5.10 Å². The number of nitrogens with zero attached hydrogens (tertiary/aromatic N) is 5. The number of aromatic carboxylic acids is 1. The molecule has 2 aromatic carbocycles. The Hall–Kier alpha value is -4.66. The Morgan fingerprint density at radius 2 is 1.95 bits per heavy atom. The molecule has 1 aliphatic heterocycles. The van der Waals surface area contributed by atoms with Crippen LogP contribution >= 0.6 is 11.6 Å². The third-order valence-corrected chi connectivity index (χ3v) is 6.93. The first-order valence-electron chi connectivity index (χ1n) is 13.9. The van der Waals surface area contributed by atoms with Gasteiger partial charge in [0.05, 0.1) is 37.0 Å². The predicted octanol–water partition coefficient (Wildman–Crippen LogP) is 2.19. The van der Waals surface area contributed by atoms with E-state index in [1.807, 2.05) is 6.92 Å². The summed E-state index contributed by atoms with van der Waals surface area (Å²) >= 11 is 6.16. The minimum Gasteiger partial charge on any atom is -0.478 e. The van der Waals surface area contributed by atoms with Crippen LogP contribution in [0.25, 0.3) is 11.8 Å². The van der Waals surface area contributed by atoms with Crippen LogP contribution < -0.4 is 10.6 Å². The lowest BCUT2D eigenvalue weighted by molar-refractivity contribution is -0.134. The summed E-state index contributed by atoms with van der Waals surface area (Å²) in [5.41, 5.74) is 1.44. The van der Waals surface area contributed by atoms with Crippen molar-refractivity contribution < 1.29 is 33.8 Å². The summed E-state index contributed by atoms with van der Waals surface area (Å²) in [5, 5.41) is 25.9. The molecule has 44 heavy (non-hydrogen) atoms. The van der Waals surface area contributed by atoms with Crippen molar-refractivity contribution in [3.8, 4) is 5.69 Å². The molecule has 14 nitrogen and oxygen atoms in total. The van der Waals surface area contributed by atoms with Crippen molar-refractivity contribution in [2.45, 2.75) is 31.9 Å². The largest absolute Gasteiger partial charge is 0.478 e. The molecule has 2 heterocycles. The van der Waals surface area contributed by atoms with Crippen molar-refractivity contribution in [3.63, 3.8) is 0 Å². The van der Waals surface area contributed by atoms with Crippen LogP contribution in [0.15, 0.2) is 54.9 Å². The first kappa shape index (κ1) is 32.3. The zero-order valence-corrected chi connectivity index (χ0v) is 24.6. The molecule has 1 unspecified atom stereocenters. The molecule has 3 N–H and O–H groups in total. The van der Waals surface area contributed by atoms with Crippen LogP contribution in [0.1, 0.15) is 35.7 Å². The monoisotopic (exact) mass is 625 g/mol. The third kappa shape index (κ3) is 9.17. The number of likely N-dealkylation sites (tertiary alicyclic amines) is 1. The smallest absolute Gasteiger partial charge is 0.335 e. The molecule has 0 saturated carbocycles. The van der Waals surface area contributed by atoms with Crippen LogP contribution in [0, 0.1) is 0 Å². The zero-order chi connectivity index (χ0) is 31.5. The highest BCUT2D eigenvalue weighted by Crippen LogP contribution is 2.21. The van der Waals surface area contributed by atoms with Crippen LogP contribution in [0.4, 0.5) is 5.69 Å². The molecule has 0 bridgehead atoms. The molecule has 2 atom stereocenters. The van der Waals surface area contributed by atoms with E-state index in [0.717, 1.165) is 0 Å². The SMILES string of the molecule is CCOCCOC1CCN(C(=O)C[C@H](NC(=O)C=Cc2cc(Cl)ccc2-n2cnnn2)C(=O)Nc2ccc(C(=O)O)cc2)C1. The van der Waals surface area contributed by atoms with Crippen molar-refractivity contribution >= 4 is 47.1 Å². The van der Waals surface area contributed by atoms with Crippen LogP contribution in [0.2, 0.25) is 5.02 Å². The van der Waals surface area contributed by atoms with Crippen molar-refractivity contribution in [1.82, 2.24) is 30.4 Å². The Morgan fingerprint density at radius 1 is 1.16 bits per heavy atom. The Bertz CT molecular complexity index is 1480. The van der Waals surface area contributed by atoms with E-state index in [0.29, 0.717) is 61.3 Å². The van der Waals surface area contributed by atoms with Gasteiger partial charge in [0.1, 0.15) is 12.4 Å². The number of hydrogen-bond acceptors (Lipinski definition) is 9. The van der Waals surface area contributed by atoms with Crippen LogP contribution in [-0.4, -0.2) is 99.0 Å². The normalized spacial score (nSPS) is 15.3. The lowest BCUT2D eigenvalue weighted by atomic mass is 10.1. The molecule has 4 rings (SSSR count). The highest BCUT2D eigenvalue weighted by atomic mass is 35.5. The molecular formula is C29H32ClN7O7. The van der Waals surface area contributed by atoms with Crippen LogP contribution in [0.3, 0.4) is 0 Å². The van der Waals surface area contributed by atoms with Gasteiger partial charge in [-0.1, -0.05) is 11.6 Å². The molecule has 1 aliphatic rings. The fourth-order valence-electron chi connectivity index (χ4n) is 4.47. The van der Waals surface area contributed by atoms with E-state index in [4.69, 9.17) is 26.2 Å². The van der Waals surface area contributed by atoms with E-state index < -0.39 is 23.8 Å². The summed E-state index contributed by atoms with van der Waals surface area (Å²) in [7, 11) is 0. The number of aromatic nitrogens is 4. The van der Waals surface area contributed by atoms with Gasteiger partial charge in [0.2, 0.25) is 17.7 Å². The quantitative estimate of drug-likeness (QED) is 0.178. The summed E-state index contributed by atoms with van der Waals surface area (Å²) in [6.45, 7) is 4.17. The maximum absolute atomic E-state index is 13.3. The summed E-state index contributed by atoms with van der Waals surface area (Å²) in [6.07, 6.45) is 4.28. The highest BCUT2D eigenvalue weighted by Gasteiger charge is 2.31. The molecular weight excluding hydrogens is 594 g/mol. The number of carbonyl (C=O) groups is 4. The second kappa shape index (κ2) is 15.7. The van der Waals surface area contributed by atoms with Crippen molar-refractivity contribution in [2.24, 2.45) is 0 Å². The molecule has 0 radical (unpaired) electrons. The Balaban J connectivity index is 1.46. The van der Waals surface area contributed by atoms with Crippen LogP contribution in [0.5, 0.6) is 0 Å². The maximum atomic E-state index is 13.3. The highest BCUT2D eigenvalue weighted by molar-refractivity contribution is 6.30. The topological polar surface area (TPSA) is 178 Å². The van der Waals surface area contributed by atoms with Gasteiger partial charge >= 0.3 is 5.97 Å². The van der Waals surface area contributed by atoms with Gasteiger partial charge in [-0.2, -0.15) is 4.68 Å². The first-order valence-corrected chi connectivity index (χ1v) is 14.2. The van der Waals surface area contributed by atoms with Gasteiger partial charge in [-0.3, -0.25) is 14.4 Å². The first-order chi connectivity index (χ1) is 21.2. The second-order valence-corrected chi connectivity index (χ2v) is 10.2. The molecule has 15 heteroatoms. The number of tetrazole rings is 1. The number of benzene rings is 2. The van der Waals surface area contributed by atoms with Crippen molar-refractivity contribution in [2.75, 3.05) is 38.2 Å². The van der Waals surface area contributed by atoms with Crippen molar-refractivity contribution in [1.29, 1.82) is 0 Å². The minimum absolute atomic E-state index is 0.0438. The zero-order valence-electron chi connectivity index (χ0n) is 23.9. The molecule has 3 amide bonds. The van der Waals surface area contributed by atoms with Gasteiger partial charge in [-0.25, -0.2) is 4.79 Å².